The zero-order chi connectivity index (χ0) is 21.6. The number of piperazine rings is 1. The Morgan fingerprint density at radius 1 is 1.03 bits per heavy atom. The molecule has 2 aliphatic heterocycles. The van der Waals surface area contributed by atoms with E-state index in [1.807, 2.05) is 0 Å². The summed E-state index contributed by atoms with van der Waals surface area (Å²) >= 11 is 0. The Kier molecular flexibility index (Phi) is 7.40. The third kappa shape index (κ3) is 5.74. The molecule has 1 aliphatic carbocycles. The van der Waals surface area contributed by atoms with E-state index < -0.39 is 0 Å². The van der Waals surface area contributed by atoms with E-state index in [1.165, 1.54) is 25.0 Å². The van der Waals surface area contributed by atoms with Crippen LogP contribution in [0.25, 0.3) is 0 Å². The highest BCUT2D eigenvalue weighted by molar-refractivity contribution is 5.89. The molecule has 4 rings (SSSR count). The van der Waals surface area contributed by atoms with E-state index in [2.05, 4.69) is 15.5 Å². The summed E-state index contributed by atoms with van der Waals surface area (Å²) in [4.78, 5) is 29.7. The summed E-state index contributed by atoms with van der Waals surface area (Å²) in [5.41, 5.74) is 0.575. The second-order valence-electron chi connectivity index (χ2n) is 8.83. The molecular weight excluding hydrogens is 399 g/mol. The molecule has 1 aromatic rings. The highest BCUT2D eigenvalue weighted by atomic mass is 19.1. The highest BCUT2D eigenvalue weighted by Gasteiger charge is 2.37. The number of nitrogens with zero attached hydrogens (tertiary/aromatic N) is 2. The Labute approximate surface area is 183 Å². The maximum Gasteiger partial charge on any atom is 0.321 e. The van der Waals surface area contributed by atoms with Crippen LogP contribution in [0.1, 0.15) is 38.5 Å². The van der Waals surface area contributed by atoms with E-state index in [4.69, 9.17) is 4.74 Å². The number of carbonyl (C=O) groups is 2. The molecule has 2 N–H and O–H groups in total. The molecule has 0 bridgehead atoms. The minimum Gasteiger partial charge on any atom is -0.376 e. The quantitative estimate of drug-likeness (QED) is 0.725. The summed E-state index contributed by atoms with van der Waals surface area (Å²) in [7, 11) is 0. The minimum atomic E-state index is -0.331. The standard InChI is InChI=1S/C23H33FN4O3/c24-18-7-9-19(10-8-18)26-23(30)28-13-11-27(12-14-28)21(17-4-1-2-5-17)22(29)25-16-20-6-3-15-31-20/h7-10,17,20-21H,1-6,11-16H2,(H,25,29)(H,26,30)/t20-,21+/m0/s1. The third-order valence-electron chi connectivity index (χ3n) is 6.73. The largest absolute Gasteiger partial charge is 0.376 e. The fourth-order valence-electron chi connectivity index (χ4n) is 5.01. The Morgan fingerprint density at radius 3 is 2.39 bits per heavy atom. The van der Waals surface area contributed by atoms with Gasteiger partial charge in [0.1, 0.15) is 5.82 Å². The van der Waals surface area contributed by atoms with Crippen molar-refractivity contribution in [2.24, 2.45) is 5.92 Å². The fourth-order valence-corrected chi connectivity index (χ4v) is 5.01. The minimum absolute atomic E-state index is 0.103. The number of amides is 3. The van der Waals surface area contributed by atoms with Crippen molar-refractivity contribution in [1.29, 1.82) is 0 Å². The van der Waals surface area contributed by atoms with Gasteiger partial charge >= 0.3 is 6.03 Å². The predicted molar refractivity (Wildman–Crippen MR) is 116 cm³/mol. The van der Waals surface area contributed by atoms with Crippen LogP contribution in [0.3, 0.4) is 0 Å². The molecule has 3 amide bonds. The average Bonchev–Trinajstić information content (AvgIpc) is 3.49. The van der Waals surface area contributed by atoms with E-state index in [-0.39, 0.29) is 29.9 Å². The van der Waals surface area contributed by atoms with Gasteiger partial charge in [0.15, 0.2) is 0 Å². The van der Waals surface area contributed by atoms with E-state index >= 15 is 0 Å². The summed E-state index contributed by atoms with van der Waals surface area (Å²) in [6.07, 6.45) is 6.75. The molecule has 31 heavy (non-hydrogen) atoms. The first kappa shape index (κ1) is 22.0. The second-order valence-corrected chi connectivity index (χ2v) is 8.83. The van der Waals surface area contributed by atoms with Crippen LogP contribution >= 0.6 is 0 Å². The molecule has 3 aliphatic rings. The van der Waals surface area contributed by atoms with Crippen LogP contribution in [0.15, 0.2) is 24.3 Å². The molecule has 1 aromatic carbocycles. The number of rotatable bonds is 6. The van der Waals surface area contributed by atoms with Crippen LogP contribution in [0.5, 0.6) is 0 Å². The highest BCUT2D eigenvalue weighted by Crippen LogP contribution is 2.31. The molecule has 170 valence electrons. The van der Waals surface area contributed by atoms with Crippen LogP contribution in [-0.2, 0) is 9.53 Å². The average molecular weight is 433 g/mol. The third-order valence-corrected chi connectivity index (χ3v) is 6.73. The van der Waals surface area contributed by atoms with Gasteiger partial charge in [-0.2, -0.15) is 0 Å². The summed E-state index contributed by atoms with van der Waals surface area (Å²) in [5, 5.41) is 5.96. The molecule has 2 heterocycles. The van der Waals surface area contributed by atoms with Gasteiger partial charge in [-0.25, -0.2) is 9.18 Å². The topological polar surface area (TPSA) is 73.9 Å². The van der Waals surface area contributed by atoms with Crippen molar-refractivity contribution in [3.8, 4) is 0 Å². The van der Waals surface area contributed by atoms with E-state index in [0.29, 0.717) is 44.3 Å². The summed E-state index contributed by atoms with van der Waals surface area (Å²) in [6, 6.07) is 5.44. The van der Waals surface area contributed by atoms with Crippen LogP contribution in [0, 0.1) is 11.7 Å². The molecule has 8 heteroatoms. The number of anilines is 1. The molecule has 7 nitrogen and oxygen atoms in total. The Bertz CT molecular complexity index is 740. The normalized spacial score (nSPS) is 23.6. The van der Waals surface area contributed by atoms with Gasteiger partial charge in [-0.05, 0) is 55.9 Å². The van der Waals surface area contributed by atoms with Crippen LogP contribution < -0.4 is 10.6 Å². The second kappa shape index (κ2) is 10.4. The van der Waals surface area contributed by atoms with E-state index in [1.54, 1.807) is 17.0 Å². The first-order chi connectivity index (χ1) is 15.1. The number of hydrogen-bond acceptors (Lipinski definition) is 4. The molecule has 0 spiro atoms. The number of urea groups is 1. The van der Waals surface area contributed by atoms with E-state index in [0.717, 1.165) is 32.3 Å². The molecule has 0 unspecified atom stereocenters. The van der Waals surface area contributed by atoms with Crippen molar-refractivity contribution in [1.82, 2.24) is 15.1 Å². The molecule has 0 radical (unpaired) electrons. The van der Waals surface area contributed by atoms with Crippen molar-refractivity contribution >= 4 is 17.6 Å². The van der Waals surface area contributed by atoms with Crippen molar-refractivity contribution < 1.29 is 18.7 Å². The lowest BCUT2D eigenvalue weighted by Gasteiger charge is -2.40. The number of benzene rings is 1. The van der Waals surface area contributed by atoms with Gasteiger partial charge in [0.05, 0.1) is 12.1 Å². The Balaban J connectivity index is 1.31. The number of halogens is 1. The van der Waals surface area contributed by atoms with Crippen molar-refractivity contribution in [3.63, 3.8) is 0 Å². The molecule has 2 atom stereocenters. The lowest BCUT2D eigenvalue weighted by Crippen LogP contribution is -2.58. The lowest BCUT2D eigenvalue weighted by atomic mass is 9.95. The van der Waals surface area contributed by atoms with E-state index in [9.17, 15) is 14.0 Å². The zero-order valence-electron chi connectivity index (χ0n) is 18.0. The van der Waals surface area contributed by atoms with Gasteiger partial charge in [0.25, 0.3) is 0 Å². The first-order valence-corrected chi connectivity index (χ1v) is 11.5. The number of hydrogen-bond donors (Lipinski definition) is 2. The van der Waals surface area contributed by atoms with Crippen LogP contribution in [-0.4, -0.2) is 73.2 Å². The van der Waals surface area contributed by atoms with Gasteiger partial charge in [0.2, 0.25) is 5.91 Å². The van der Waals surface area contributed by atoms with Crippen LogP contribution in [0.2, 0.25) is 0 Å². The summed E-state index contributed by atoms with van der Waals surface area (Å²) < 4.78 is 18.7. The van der Waals surface area contributed by atoms with Crippen molar-refractivity contribution in [3.05, 3.63) is 30.1 Å². The fraction of sp³-hybridized carbons (Fsp3) is 0.652. The maximum atomic E-state index is 13.1. The van der Waals surface area contributed by atoms with Gasteiger partial charge in [-0.3, -0.25) is 9.69 Å². The van der Waals surface area contributed by atoms with Gasteiger partial charge in [-0.1, -0.05) is 12.8 Å². The SMILES string of the molecule is O=C(NC[C@@H]1CCCO1)[C@@H](C1CCCC1)N1CCN(C(=O)Nc2ccc(F)cc2)CC1. The first-order valence-electron chi connectivity index (χ1n) is 11.5. The number of nitrogens with one attached hydrogen (secondary N) is 2. The summed E-state index contributed by atoms with van der Waals surface area (Å²) in [6.45, 7) is 3.85. The molecular formula is C23H33FN4O3. The lowest BCUT2D eigenvalue weighted by molar-refractivity contribution is -0.129. The number of carbonyl (C=O) groups excluding carboxylic acids is 2. The van der Waals surface area contributed by atoms with Gasteiger partial charge in [-0.15, -0.1) is 0 Å². The van der Waals surface area contributed by atoms with Crippen LogP contribution in [0.4, 0.5) is 14.9 Å². The Morgan fingerprint density at radius 2 is 1.74 bits per heavy atom. The Hall–Kier alpha value is -2.19. The monoisotopic (exact) mass is 432 g/mol. The molecule has 1 saturated carbocycles. The van der Waals surface area contributed by atoms with Gasteiger partial charge < -0.3 is 20.3 Å². The van der Waals surface area contributed by atoms with Crippen molar-refractivity contribution in [2.45, 2.75) is 50.7 Å². The zero-order valence-corrected chi connectivity index (χ0v) is 18.0. The smallest absolute Gasteiger partial charge is 0.321 e. The predicted octanol–water partition coefficient (Wildman–Crippen LogP) is 2.83. The summed E-state index contributed by atoms with van der Waals surface area (Å²) in [5.74, 6) is 0.151. The number of ether oxygens (including phenoxy) is 1. The maximum absolute atomic E-state index is 13.1. The van der Waals surface area contributed by atoms with Gasteiger partial charge in [0, 0.05) is 45.0 Å². The molecule has 3 fully saturated rings. The molecule has 2 saturated heterocycles. The van der Waals surface area contributed by atoms with Crippen molar-refractivity contribution in [2.75, 3.05) is 44.6 Å². The molecule has 0 aromatic heterocycles.